The molecular formula is C20H30N6O3. The number of nitrogens with one attached hydrogen (secondary N) is 4. The van der Waals surface area contributed by atoms with Crippen LogP contribution in [0.4, 0.5) is 0 Å². The summed E-state index contributed by atoms with van der Waals surface area (Å²) in [5.74, 6) is 0.462. The number of rotatable bonds is 9. The van der Waals surface area contributed by atoms with Crippen molar-refractivity contribution in [2.24, 2.45) is 5.92 Å². The van der Waals surface area contributed by atoms with Crippen LogP contribution in [0.5, 0.6) is 0 Å². The maximum atomic E-state index is 12.6. The van der Waals surface area contributed by atoms with Crippen molar-refractivity contribution in [1.82, 2.24) is 30.8 Å². The molecule has 0 aromatic carbocycles. The van der Waals surface area contributed by atoms with E-state index in [4.69, 9.17) is 4.74 Å². The normalized spacial score (nSPS) is 21.7. The molecule has 0 bridgehead atoms. The van der Waals surface area contributed by atoms with Crippen molar-refractivity contribution < 1.29 is 14.3 Å². The number of hydrogen-bond acceptors (Lipinski definition) is 5. The topological polar surface area (TPSA) is 125 Å². The lowest BCUT2D eigenvalue weighted by Crippen LogP contribution is -2.50. The number of imidazole rings is 1. The molecule has 0 aliphatic heterocycles. The zero-order valence-corrected chi connectivity index (χ0v) is 17.0. The molecule has 2 aromatic rings. The molecule has 1 saturated carbocycles. The van der Waals surface area contributed by atoms with Crippen molar-refractivity contribution in [2.45, 2.75) is 58.1 Å². The Balaban J connectivity index is 1.56. The van der Waals surface area contributed by atoms with Gasteiger partial charge in [0.1, 0.15) is 11.5 Å². The molecule has 158 valence electrons. The van der Waals surface area contributed by atoms with Crippen LogP contribution in [0.1, 0.15) is 54.6 Å². The largest absolute Gasteiger partial charge is 0.376 e. The lowest BCUT2D eigenvalue weighted by Gasteiger charge is -2.35. The minimum absolute atomic E-state index is 0.0142. The molecule has 0 saturated heterocycles. The van der Waals surface area contributed by atoms with Gasteiger partial charge in [-0.05, 0) is 38.7 Å². The fourth-order valence-corrected chi connectivity index (χ4v) is 3.66. The summed E-state index contributed by atoms with van der Waals surface area (Å²) in [7, 11) is 0. The number of nitrogens with zero attached hydrogens (tertiary/aromatic N) is 2. The average Bonchev–Trinajstić information content (AvgIpc) is 3.38. The Morgan fingerprint density at radius 2 is 2.21 bits per heavy atom. The number of H-pyrrole nitrogens is 2. The van der Waals surface area contributed by atoms with Gasteiger partial charge in [0.2, 0.25) is 5.91 Å². The Bertz CT molecular complexity index is 788. The third-order valence-corrected chi connectivity index (χ3v) is 5.16. The quantitative estimate of drug-likeness (QED) is 0.506. The van der Waals surface area contributed by atoms with E-state index in [1.807, 2.05) is 6.92 Å². The van der Waals surface area contributed by atoms with Crippen LogP contribution in [0.2, 0.25) is 0 Å². The fourth-order valence-electron chi connectivity index (χ4n) is 3.66. The molecule has 4 N–H and O–H groups in total. The summed E-state index contributed by atoms with van der Waals surface area (Å²) in [6.45, 7) is 5.07. The second-order valence-corrected chi connectivity index (χ2v) is 7.51. The van der Waals surface area contributed by atoms with Crippen LogP contribution in [0.3, 0.4) is 0 Å². The zero-order chi connectivity index (χ0) is 20.6. The second kappa shape index (κ2) is 10.2. The van der Waals surface area contributed by atoms with Crippen LogP contribution in [-0.4, -0.2) is 57.3 Å². The molecule has 0 radical (unpaired) electrons. The van der Waals surface area contributed by atoms with Gasteiger partial charge in [-0.2, -0.15) is 5.10 Å². The molecule has 0 spiro atoms. The van der Waals surface area contributed by atoms with Gasteiger partial charge in [0, 0.05) is 43.6 Å². The van der Waals surface area contributed by atoms with Gasteiger partial charge in [-0.1, -0.05) is 6.92 Å². The fraction of sp³-hybridized carbons (Fsp3) is 0.600. The molecule has 9 heteroatoms. The van der Waals surface area contributed by atoms with Crippen molar-refractivity contribution in [2.75, 3.05) is 13.2 Å². The Morgan fingerprint density at radius 1 is 1.34 bits per heavy atom. The lowest BCUT2D eigenvalue weighted by atomic mass is 9.83. The van der Waals surface area contributed by atoms with Gasteiger partial charge in [-0.3, -0.25) is 14.7 Å². The molecule has 2 amide bonds. The first-order chi connectivity index (χ1) is 14.1. The molecule has 1 aliphatic rings. The monoisotopic (exact) mass is 402 g/mol. The third kappa shape index (κ3) is 5.90. The maximum absolute atomic E-state index is 12.6. The number of aromatic amines is 2. The molecule has 2 heterocycles. The second-order valence-electron chi connectivity index (χ2n) is 7.51. The number of aryl methyl sites for hydroxylation is 1. The highest BCUT2D eigenvalue weighted by Crippen LogP contribution is 2.27. The minimum Gasteiger partial charge on any atom is -0.376 e. The molecule has 29 heavy (non-hydrogen) atoms. The summed E-state index contributed by atoms with van der Waals surface area (Å²) < 4.78 is 5.96. The molecule has 1 aliphatic carbocycles. The predicted octanol–water partition coefficient (Wildman–Crippen LogP) is 1.49. The van der Waals surface area contributed by atoms with E-state index in [0.717, 1.165) is 30.8 Å². The van der Waals surface area contributed by atoms with Gasteiger partial charge >= 0.3 is 0 Å². The van der Waals surface area contributed by atoms with E-state index in [-0.39, 0.29) is 29.9 Å². The first-order valence-electron chi connectivity index (χ1n) is 10.3. The van der Waals surface area contributed by atoms with E-state index in [0.29, 0.717) is 31.7 Å². The Kier molecular flexibility index (Phi) is 7.40. The summed E-state index contributed by atoms with van der Waals surface area (Å²) in [6.07, 6.45) is 6.97. The summed E-state index contributed by atoms with van der Waals surface area (Å²) in [4.78, 5) is 32.4. The van der Waals surface area contributed by atoms with Crippen LogP contribution in [0.25, 0.3) is 0 Å². The Morgan fingerprint density at radius 3 is 2.90 bits per heavy atom. The van der Waals surface area contributed by atoms with Crippen molar-refractivity contribution in [3.63, 3.8) is 0 Å². The number of ether oxygens (including phenoxy) is 1. The van der Waals surface area contributed by atoms with E-state index in [1.54, 1.807) is 18.5 Å². The van der Waals surface area contributed by atoms with Crippen molar-refractivity contribution in [3.05, 3.63) is 35.7 Å². The smallest absolute Gasteiger partial charge is 0.272 e. The van der Waals surface area contributed by atoms with Gasteiger partial charge in [0.25, 0.3) is 5.91 Å². The zero-order valence-electron chi connectivity index (χ0n) is 17.0. The molecular weight excluding hydrogens is 372 g/mol. The van der Waals surface area contributed by atoms with Crippen molar-refractivity contribution in [3.8, 4) is 0 Å². The van der Waals surface area contributed by atoms with Gasteiger partial charge in [-0.15, -0.1) is 0 Å². The number of carbonyl (C=O) groups is 2. The van der Waals surface area contributed by atoms with Gasteiger partial charge in [-0.25, -0.2) is 4.98 Å². The van der Waals surface area contributed by atoms with Crippen LogP contribution in [-0.2, 0) is 16.0 Å². The van der Waals surface area contributed by atoms with Crippen LogP contribution < -0.4 is 10.6 Å². The molecule has 3 atom stereocenters. The van der Waals surface area contributed by atoms with Gasteiger partial charge in [0.15, 0.2) is 0 Å². The first kappa shape index (κ1) is 21.0. The van der Waals surface area contributed by atoms with Crippen molar-refractivity contribution in [1.29, 1.82) is 0 Å². The lowest BCUT2D eigenvalue weighted by molar-refractivity contribution is -0.127. The number of amides is 2. The van der Waals surface area contributed by atoms with E-state index < -0.39 is 0 Å². The number of aromatic nitrogens is 4. The summed E-state index contributed by atoms with van der Waals surface area (Å²) in [5, 5.41) is 12.8. The maximum Gasteiger partial charge on any atom is 0.272 e. The van der Waals surface area contributed by atoms with Gasteiger partial charge < -0.3 is 20.4 Å². The molecule has 3 rings (SSSR count). The van der Waals surface area contributed by atoms with Crippen LogP contribution >= 0.6 is 0 Å². The number of carbonyl (C=O) groups excluding carboxylic acids is 2. The van der Waals surface area contributed by atoms with Crippen LogP contribution in [0.15, 0.2) is 18.5 Å². The van der Waals surface area contributed by atoms with E-state index >= 15 is 0 Å². The highest BCUT2D eigenvalue weighted by Gasteiger charge is 2.35. The van der Waals surface area contributed by atoms with Gasteiger partial charge in [0.05, 0.1) is 12.1 Å². The summed E-state index contributed by atoms with van der Waals surface area (Å²) in [6, 6.07) is 1.49. The Hall–Kier alpha value is -2.68. The Labute approximate surface area is 170 Å². The number of hydrogen-bond donors (Lipinski definition) is 4. The highest BCUT2D eigenvalue weighted by atomic mass is 16.5. The highest BCUT2D eigenvalue weighted by molar-refractivity contribution is 5.92. The molecule has 2 aromatic heterocycles. The van der Waals surface area contributed by atoms with Crippen molar-refractivity contribution >= 4 is 11.8 Å². The molecule has 0 unspecified atom stereocenters. The van der Waals surface area contributed by atoms with E-state index in [1.165, 1.54) is 0 Å². The predicted molar refractivity (Wildman–Crippen MR) is 107 cm³/mol. The minimum atomic E-state index is -0.247. The summed E-state index contributed by atoms with van der Waals surface area (Å²) >= 11 is 0. The van der Waals surface area contributed by atoms with E-state index in [2.05, 4.69) is 37.7 Å². The van der Waals surface area contributed by atoms with E-state index in [9.17, 15) is 9.59 Å². The van der Waals surface area contributed by atoms with Crippen LogP contribution in [0, 0.1) is 12.8 Å². The average molecular weight is 402 g/mol. The third-order valence-electron chi connectivity index (χ3n) is 5.16. The first-order valence-corrected chi connectivity index (χ1v) is 10.3. The SMILES string of the molecule is CCCO[C@@H]1CC[C@H](C(=O)NCCc2ncc[nH]2)C[C@H]1NC(=O)c1cc(C)[nH]n1. The molecule has 9 nitrogen and oxygen atoms in total. The molecule has 1 fully saturated rings. The summed E-state index contributed by atoms with van der Waals surface area (Å²) in [5.41, 5.74) is 1.17. The standard InChI is InChI=1S/C20H30N6O3/c1-3-10-29-17-5-4-14(19(27)23-7-6-18-21-8-9-22-18)12-15(17)24-20(28)16-11-13(2)25-26-16/h8-9,11,14-15,17H,3-7,10,12H2,1-2H3,(H,21,22)(H,23,27)(H,24,28)(H,25,26)/t14-,15+,17+/m0/s1.